The van der Waals surface area contributed by atoms with E-state index in [1.807, 2.05) is 31.2 Å². The Morgan fingerprint density at radius 2 is 1.77 bits per heavy atom. The van der Waals surface area contributed by atoms with E-state index < -0.39 is 0 Å². The van der Waals surface area contributed by atoms with Crippen molar-refractivity contribution in [2.24, 2.45) is 0 Å². The fourth-order valence-corrected chi connectivity index (χ4v) is 1.16. The van der Waals surface area contributed by atoms with Crippen LogP contribution in [-0.2, 0) is 0 Å². The topological polar surface area (TPSA) is 0 Å². The van der Waals surface area contributed by atoms with E-state index in [0.717, 1.165) is 0 Å². The molecular formula is C13H14. The summed E-state index contributed by atoms with van der Waals surface area (Å²) in [6.45, 7) is 5.67. The molecule has 0 spiro atoms. The van der Waals surface area contributed by atoms with Crippen molar-refractivity contribution < 1.29 is 0 Å². The van der Waals surface area contributed by atoms with Crippen LogP contribution in [0.2, 0.25) is 0 Å². The molecule has 0 nitrogen and oxygen atoms in total. The first-order valence-corrected chi connectivity index (χ1v) is 4.39. The quantitative estimate of drug-likeness (QED) is 0.596. The van der Waals surface area contributed by atoms with Gasteiger partial charge in [-0.2, -0.15) is 0 Å². The summed E-state index contributed by atoms with van der Waals surface area (Å²) in [6, 6.07) is 8.29. The Labute approximate surface area is 79.2 Å². The molecule has 1 aromatic carbocycles. The van der Waals surface area contributed by atoms with Gasteiger partial charge < -0.3 is 0 Å². The van der Waals surface area contributed by atoms with E-state index in [-0.39, 0.29) is 0 Å². The van der Waals surface area contributed by atoms with Crippen LogP contribution in [0.1, 0.15) is 6.92 Å². The number of hydrogen-bond donors (Lipinski definition) is 0. The zero-order valence-electron chi connectivity index (χ0n) is 7.90. The predicted molar refractivity (Wildman–Crippen MR) is 59.6 cm³/mol. The smallest absolute Gasteiger partial charge is 0.0187 e. The predicted octanol–water partition coefficient (Wildman–Crippen LogP) is 2.01. The summed E-state index contributed by atoms with van der Waals surface area (Å²) >= 11 is 0. The molecule has 0 heterocycles. The molecular weight excluding hydrogens is 156 g/mol. The molecule has 0 N–H and O–H groups in total. The SMILES string of the molecule is C=C\C=C/C=c1\cccc\c1=C\C. The second-order valence-electron chi connectivity index (χ2n) is 2.70. The number of benzene rings is 1. The van der Waals surface area contributed by atoms with E-state index in [1.54, 1.807) is 6.08 Å². The van der Waals surface area contributed by atoms with Crippen molar-refractivity contribution in [3.8, 4) is 0 Å². The fraction of sp³-hybridized carbons (Fsp3) is 0.0769. The van der Waals surface area contributed by atoms with Crippen molar-refractivity contribution in [3.05, 3.63) is 59.5 Å². The van der Waals surface area contributed by atoms with Gasteiger partial charge >= 0.3 is 0 Å². The highest BCUT2D eigenvalue weighted by molar-refractivity contribution is 5.40. The molecule has 0 aliphatic heterocycles. The molecule has 0 heteroatoms. The Morgan fingerprint density at radius 3 is 2.38 bits per heavy atom. The number of hydrogen-bond acceptors (Lipinski definition) is 0. The van der Waals surface area contributed by atoms with Crippen molar-refractivity contribution in [2.75, 3.05) is 0 Å². The van der Waals surface area contributed by atoms with Gasteiger partial charge in [0.2, 0.25) is 0 Å². The lowest BCUT2D eigenvalue weighted by molar-refractivity contribution is 1.51. The zero-order valence-corrected chi connectivity index (χ0v) is 7.90. The first-order chi connectivity index (χ1) is 6.38. The Balaban J connectivity index is 3.21. The van der Waals surface area contributed by atoms with Crippen LogP contribution in [0.4, 0.5) is 0 Å². The van der Waals surface area contributed by atoms with E-state index in [0.29, 0.717) is 0 Å². The lowest BCUT2D eigenvalue weighted by Gasteiger charge is -1.86. The summed E-state index contributed by atoms with van der Waals surface area (Å²) in [5, 5.41) is 2.50. The van der Waals surface area contributed by atoms with Crippen molar-refractivity contribution >= 4 is 12.2 Å². The van der Waals surface area contributed by atoms with Crippen LogP contribution in [-0.4, -0.2) is 0 Å². The molecule has 0 aliphatic carbocycles. The molecule has 0 aromatic heterocycles. The van der Waals surface area contributed by atoms with Gasteiger partial charge in [0, 0.05) is 0 Å². The Kier molecular flexibility index (Phi) is 3.77. The lowest BCUT2D eigenvalue weighted by Crippen LogP contribution is -2.22. The summed E-state index contributed by atoms with van der Waals surface area (Å²) in [7, 11) is 0. The van der Waals surface area contributed by atoms with Crippen LogP contribution in [0.25, 0.3) is 12.2 Å². The standard InChI is InChI=1S/C13H14/c1-3-5-6-10-13-11-8-7-9-12(13)4-2/h3-11H,1H2,2H3/b6-5-,12-4-,13-10+. The molecule has 0 saturated carbocycles. The fourth-order valence-electron chi connectivity index (χ4n) is 1.16. The summed E-state index contributed by atoms with van der Waals surface area (Å²) in [5.74, 6) is 0. The maximum Gasteiger partial charge on any atom is -0.0187 e. The van der Waals surface area contributed by atoms with E-state index in [9.17, 15) is 0 Å². The van der Waals surface area contributed by atoms with Crippen LogP contribution in [0, 0.1) is 0 Å². The van der Waals surface area contributed by atoms with Gasteiger partial charge in [-0.15, -0.1) is 0 Å². The van der Waals surface area contributed by atoms with Gasteiger partial charge in [0.1, 0.15) is 0 Å². The van der Waals surface area contributed by atoms with E-state index in [4.69, 9.17) is 0 Å². The van der Waals surface area contributed by atoms with E-state index in [2.05, 4.69) is 30.9 Å². The zero-order chi connectivity index (χ0) is 9.52. The highest BCUT2D eigenvalue weighted by Gasteiger charge is 1.78. The molecule has 0 saturated heterocycles. The Bertz CT molecular complexity index is 408. The van der Waals surface area contributed by atoms with E-state index >= 15 is 0 Å². The van der Waals surface area contributed by atoms with Crippen molar-refractivity contribution in [1.29, 1.82) is 0 Å². The van der Waals surface area contributed by atoms with Crippen molar-refractivity contribution in [1.82, 2.24) is 0 Å². The average Bonchev–Trinajstić information content (AvgIpc) is 2.19. The Morgan fingerprint density at radius 1 is 1.08 bits per heavy atom. The molecule has 1 rings (SSSR count). The summed E-state index contributed by atoms with van der Waals surface area (Å²) < 4.78 is 0. The van der Waals surface area contributed by atoms with Crippen molar-refractivity contribution in [3.63, 3.8) is 0 Å². The minimum atomic E-state index is 1.24. The first-order valence-electron chi connectivity index (χ1n) is 4.39. The highest BCUT2D eigenvalue weighted by atomic mass is 13.8. The first kappa shape index (κ1) is 9.53. The second kappa shape index (κ2) is 5.15. The van der Waals surface area contributed by atoms with Gasteiger partial charge in [-0.25, -0.2) is 0 Å². The molecule has 0 aliphatic rings. The average molecular weight is 170 g/mol. The molecule has 0 bridgehead atoms. The summed E-state index contributed by atoms with van der Waals surface area (Å²) in [6.07, 6.45) is 9.88. The normalized spacial score (nSPS) is 13.9. The number of allylic oxidation sites excluding steroid dienone is 3. The van der Waals surface area contributed by atoms with Crippen LogP contribution >= 0.6 is 0 Å². The van der Waals surface area contributed by atoms with Gasteiger partial charge in [-0.05, 0) is 17.4 Å². The van der Waals surface area contributed by atoms with Gasteiger partial charge in [-0.1, -0.05) is 61.2 Å². The monoisotopic (exact) mass is 170 g/mol. The molecule has 0 amide bonds. The molecule has 0 radical (unpaired) electrons. The third-order valence-corrected chi connectivity index (χ3v) is 1.83. The van der Waals surface area contributed by atoms with Crippen LogP contribution in [0.3, 0.4) is 0 Å². The third kappa shape index (κ3) is 2.75. The van der Waals surface area contributed by atoms with Crippen LogP contribution in [0.5, 0.6) is 0 Å². The maximum atomic E-state index is 3.62. The summed E-state index contributed by atoms with van der Waals surface area (Å²) in [4.78, 5) is 0. The lowest BCUT2D eigenvalue weighted by atomic mass is 10.2. The van der Waals surface area contributed by atoms with E-state index in [1.165, 1.54) is 10.4 Å². The molecule has 0 unspecified atom stereocenters. The van der Waals surface area contributed by atoms with Gasteiger partial charge in [0.15, 0.2) is 0 Å². The van der Waals surface area contributed by atoms with Crippen LogP contribution in [0.15, 0.2) is 49.1 Å². The third-order valence-electron chi connectivity index (χ3n) is 1.83. The molecule has 13 heavy (non-hydrogen) atoms. The molecule has 0 atom stereocenters. The molecule has 1 aromatic rings. The van der Waals surface area contributed by atoms with Gasteiger partial charge in [-0.3, -0.25) is 0 Å². The van der Waals surface area contributed by atoms with Gasteiger partial charge in [0.05, 0.1) is 0 Å². The van der Waals surface area contributed by atoms with Gasteiger partial charge in [0.25, 0.3) is 0 Å². The number of rotatable bonds is 2. The highest BCUT2D eigenvalue weighted by Crippen LogP contribution is 1.76. The Hall–Kier alpha value is -1.56. The van der Waals surface area contributed by atoms with Crippen LogP contribution < -0.4 is 10.4 Å². The van der Waals surface area contributed by atoms with Crippen molar-refractivity contribution in [2.45, 2.75) is 6.92 Å². The second-order valence-corrected chi connectivity index (χ2v) is 2.70. The minimum Gasteiger partial charge on any atom is -0.0991 e. The largest absolute Gasteiger partial charge is 0.0991 e. The molecule has 66 valence electrons. The molecule has 0 fully saturated rings. The maximum absolute atomic E-state index is 3.62. The summed E-state index contributed by atoms with van der Waals surface area (Å²) in [5.41, 5.74) is 0. The minimum absolute atomic E-state index is 1.24.